The molecule has 1 unspecified atom stereocenters. The zero-order valence-corrected chi connectivity index (χ0v) is 6.77. The Morgan fingerprint density at radius 2 is 2.50 bits per heavy atom. The summed E-state index contributed by atoms with van der Waals surface area (Å²) in [5.74, 6) is 0. The van der Waals surface area contributed by atoms with E-state index in [1.54, 1.807) is 13.1 Å². The van der Waals surface area contributed by atoms with Gasteiger partial charge >= 0.3 is 0 Å². The van der Waals surface area contributed by atoms with Crippen LogP contribution in [0.1, 0.15) is 17.9 Å². The van der Waals surface area contributed by atoms with Crippen molar-refractivity contribution < 1.29 is 5.11 Å². The summed E-state index contributed by atoms with van der Waals surface area (Å²) in [5.41, 5.74) is 0. The van der Waals surface area contributed by atoms with Crippen LogP contribution < -0.4 is 5.32 Å². The van der Waals surface area contributed by atoms with Gasteiger partial charge in [0.1, 0.15) is 0 Å². The number of anilines is 1. The van der Waals surface area contributed by atoms with E-state index in [9.17, 15) is 0 Å². The summed E-state index contributed by atoms with van der Waals surface area (Å²) in [6.45, 7) is 1.73. The van der Waals surface area contributed by atoms with Crippen LogP contribution in [0.5, 0.6) is 0 Å². The molecule has 1 rings (SSSR count). The molecule has 0 saturated carbocycles. The van der Waals surface area contributed by atoms with Crippen molar-refractivity contribution in [2.45, 2.75) is 13.0 Å². The van der Waals surface area contributed by atoms with Crippen molar-refractivity contribution in [2.75, 3.05) is 12.4 Å². The number of thiazole rings is 1. The Hall–Kier alpha value is -0.610. The highest BCUT2D eigenvalue weighted by Crippen LogP contribution is 2.22. The third kappa shape index (κ3) is 1.46. The van der Waals surface area contributed by atoms with E-state index >= 15 is 0 Å². The van der Waals surface area contributed by atoms with Gasteiger partial charge in [0.15, 0.2) is 5.13 Å². The lowest BCUT2D eigenvalue weighted by molar-refractivity contribution is 0.203. The fourth-order valence-electron chi connectivity index (χ4n) is 0.595. The first-order valence-corrected chi connectivity index (χ1v) is 3.87. The van der Waals surface area contributed by atoms with E-state index in [1.807, 2.05) is 7.05 Å². The van der Waals surface area contributed by atoms with Crippen molar-refractivity contribution in [3.8, 4) is 0 Å². The van der Waals surface area contributed by atoms with E-state index in [1.165, 1.54) is 11.3 Å². The molecule has 1 atom stereocenters. The van der Waals surface area contributed by atoms with Gasteiger partial charge in [0, 0.05) is 13.2 Å². The van der Waals surface area contributed by atoms with Crippen molar-refractivity contribution in [1.82, 2.24) is 4.98 Å². The molecule has 1 aromatic rings. The Balaban J connectivity index is 2.78. The van der Waals surface area contributed by atoms with Crippen LogP contribution >= 0.6 is 11.3 Å². The number of nitrogens with zero attached hydrogens (tertiary/aromatic N) is 1. The molecule has 1 aromatic heterocycles. The van der Waals surface area contributed by atoms with Crippen LogP contribution in [0.25, 0.3) is 0 Å². The Labute approximate surface area is 63.7 Å². The van der Waals surface area contributed by atoms with Gasteiger partial charge in [-0.05, 0) is 6.92 Å². The SMILES string of the molecule is CNc1ncc(C(C)O)s1. The summed E-state index contributed by atoms with van der Waals surface area (Å²) < 4.78 is 0. The van der Waals surface area contributed by atoms with Crippen LogP contribution in [0.4, 0.5) is 5.13 Å². The van der Waals surface area contributed by atoms with Gasteiger partial charge in [-0.15, -0.1) is 0 Å². The van der Waals surface area contributed by atoms with Crippen molar-refractivity contribution in [3.63, 3.8) is 0 Å². The molecule has 1 heterocycles. The lowest BCUT2D eigenvalue weighted by atomic mass is 10.4. The molecule has 0 aliphatic heterocycles. The molecular formula is C6H10N2OS. The zero-order valence-electron chi connectivity index (χ0n) is 5.96. The smallest absolute Gasteiger partial charge is 0.182 e. The maximum atomic E-state index is 9.08. The summed E-state index contributed by atoms with van der Waals surface area (Å²) in [4.78, 5) is 4.90. The first-order chi connectivity index (χ1) is 4.74. The Morgan fingerprint density at radius 3 is 2.80 bits per heavy atom. The molecule has 0 fully saturated rings. The van der Waals surface area contributed by atoms with Gasteiger partial charge in [0.05, 0.1) is 11.0 Å². The number of aromatic nitrogens is 1. The van der Waals surface area contributed by atoms with E-state index < -0.39 is 6.10 Å². The maximum Gasteiger partial charge on any atom is 0.182 e. The third-order valence-corrected chi connectivity index (χ3v) is 2.33. The highest BCUT2D eigenvalue weighted by atomic mass is 32.1. The molecule has 56 valence electrons. The van der Waals surface area contributed by atoms with E-state index in [-0.39, 0.29) is 0 Å². The fourth-order valence-corrected chi connectivity index (χ4v) is 1.30. The van der Waals surface area contributed by atoms with Gasteiger partial charge in [-0.3, -0.25) is 0 Å². The van der Waals surface area contributed by atoms with Crippen LogP contribution in [0.15, 0.2) is 6.20 Å². The van der Waals surface area contributed by atoms with Crippen LogP contribution in [0, 0.1) is 0 Å². The topological polar surface area (TPSA) is 45.2 Å². The minimum absolute atomic E-state index is 0.403. The highest BCUT2D eigenvalue weighted by molar-refractivity contribution is 7.15. The number of nitrogens with one attached hydrogen (secondary N) is 1. The third-order valence-electron chi connectivity index (χ3n) is 1.15. The summed E-state index contributed by atoms with van der Waals surface area (Å²) >= 11 is 1.47. The quantitative estimate of drug-likeness (QED) is 0.680. The van der Waals surface area contributed by atoms with Gasteiger partial charge in [-0.25, -0.2) is 4.98 Å². The molecule has 0 bridgehead atoms. The Kier molecular flexibility index (Phi) is 2.24. The maximum absolute atomic E-state index is 9.08. The average Bonchev–Trinajstić information content (AvgIpc) is 2.34. The zero-order chi connectivity index (χ0) is 7.56. The lowest BCUT2D eigenvalue weighted by Crippen LogP contribution is -1.84. The molecule has 0 amide bonds. The minimum atomic E-state index is -0.403. The van der Waals surface area contributed by atoms with E-state index in [2.05, 4.69) is 10.3 Å². The fraction of sp³-hybridized carbons (Fsp3) is 0.500. The molecule has 0 radical (unpaired) electrons. The van der Waals surface area contributed by atoms with Gasteiger partial charge in [0.2, 0.25) is 0 Å². The van der Waals surface area contributed by atoms with Crippen molar-refractivity contribution >= 4 is 16.5 Å². The highest BCUT2D eigenvalue weighted by Gasteiger charge is 2.04. The predicted molar refractivity (Wildman–Crippen MR) is 42.3 cm³/mol. The largest absolute Gasteiger partial charge is 0.388 e. The predicted octanol–water partition coefficient (Wildman–Crippen LogP) is 1.24. The summed E-state index contributed by atoms with van der Waals surface area (Å²) in [5, 5.41) is 12.8. The summed E-state index contributed by atoms with van der Waals surface area (Å²) in [7, 11) is 1.81. The van der Waals surface area contributed by atoms with Gasteiger partial charge in [-0.2, -0.15) is 0 Å². The van der Waals surface area contributed by atoms with E-state index in [0.29, 0.717) is 0 Å². The molecule has 0 aliphatic rings. The number of aliphatic hydroxyl groups is 1. The van der Waals surface area contributed by atoms with Crippen LogP contribution in [-0.4, -0.2) is 17.1 Å². The minimum Gasteiger partial charge on any atom is -0.388 e. The average molecular weight is 158 g/mol. The van der Waals surface area contributed by atoms with Crippen LogP contribution in [0.2, 0.25) is 0 Å². The number of aliphatic hydroxyl groups excluding tert-OH is 1. The molecule has 0 aromatic carbocycles. The molecule has 0 aliphatic carbocycles. The van der Waals surface area contributed by atoms with Crippen molar-refractivity contribution in [2.24, 2.45) is 0 Å². The second-order valence-corrected chi connectivity index (χ2v) is 3.06. The first kappa shape index (κ1) is 7.50. The molecule has 4 heteroatoms. The van der Waals surface area contributed by atoms with Gasteiger partial charge < -0.3 is 10.4 Å². The van der Waals surface area contributed by atoms with E-state index in [0.717, 1.165) is 10.0 Å². The molecular weight excluding hydrogens is 148 g/mol. The van der Waals surface area contributed by atoms with Crippen LogP contribution in [-0.2, 0) is 0 Å². The Morgan fingerprint density at radius 1 is 1.80 bits per heavy atom. The van der Waals surface area contributed by atoms with Crippen molar-refractivity contribution in [1.29, 1.82) is 0 Å². The van der Waals surface area contributed by atoms with Crippen molar-refractivity contribution in [3.05, 3.63) is 11.1 Å². The number of hydrogen-bond acceptors (Lipinski definition) is 4. The normalized spacial score (nSPS) is 13.1. The lowest BCUT2D eigenvalue weighted by Gasteiger charge is -1.95. The molecule has 3 nitrogen and oxygen atoms in total. The summed E-state index contributed by atoms with van der Waals surface area (Å²) in [6.07, 6.45) is 1.28. The Bertz CT molecular complexity index is 209. The van der Waals surface area contributed by atoms with E-state index in [4.69, 9.17) is 5.11 Å². The van der Waals surface area contributed by atoms with Crippen LogP contribution in [0.3, 0.4) is 0 Å². The molecule has 0 spiro atoms. The van der Waals surface area contributed by atoms with Gasteiger partial charge in [-0.1, -0.05) is 11.3 Å². The molecule has 0 saturated heterocycles. The second kappa shape index (κ2) is 2.98. The second-order valence-electron chi connectivity index (χ2n) is 1.99. The standard InChI is InChI=1S/C6H10N2OS/c1-4(9)5-3-8-6(7-2)10-5/h3-4,9H,1-2H3,(H,7,8). The molecule has 10 heavy (non-hydrogen) atoms. The number of hydrogen-bond donors (Lipinski definition) is 2. The first-order valence-electron chi connectivity index (χ1n) is 3.05. The summed E-state index contributed by atoms with van der Waals surface area (Å²) in [6, 6.07) is 0. The number of rotatable bonds is 2. The monoisotopic (exact) mass is 158 g/mol. The molecule has 2 N–H and O–H groups in total. The van der Waals surface area contributed by atoms with Gasteiger partial charge in [0.25, 0.3) is 0 Å².